The Morgan fingerprint density at radius 3 is 2.50 bits per heavy atom. The van der Waals surface area contributed by atoms with Crippen LogP contribution in [0.4, 0.5) is 0 Å². The number of aldehydes is 1. The molecule has 1 heterocycles. The minimum atomic E-state index is -0.488. The predicted octanol–water partition coefficient (Wildman–Crippen LogP) is 1.51. The molecule has 12 heavy (non-hydrogen) atoms. The van der Waals surface area contributed by atoms with Gasteiger partial charge in [0.15, 0.2) is 5.79 Å². The van der Waals surface area contributed by atoms with Crippen LogP contribution in [0, 0.1) is 0 Å². The third-order valence-electron chi connectivity index (χ3n) is 2.01. The first-order valence-electron chi connectivity index (χ1n) is 4.25. The van der Waals surface area contributed by atoms with E-state index in [0.717, 1.165) is 12.7 Å². The summed E-state index contributed by atoms with van der Waals surface area (Å²) < 4.78 is 11.1. The molecular formula is C9H16O3. The van der Waals surface area contributed by atoms with E-state index in [1.807, 2.05) is 20.8 Å². The van der Waals surface area contributed by atoms with E-state index in [1.54, 1.807) is 0 Å². The van der Waals surface area contributed by atoms with Crippen LogP contribution < -0.4 is 0 Å². The minimum Gasteiger partial charge on any atom is -0.348 e. The number of ether oxygens (including phenoxy) is 2. The van der Waals surface area contributed by atoms with Gasteiger partial charge in [0.05, 0.1) is 12.2 Å². The second-order valence-electron chi connectivity index (χ2n) is 3.95. The topological polar surface area (TPSA) is 35.5 Å². The second kappa shape index (κ2) is 3.15. The lowest BCUT2D eigenvalue weighted by Gasteiger charge is -2.24. The third-order valence-corrected chi connectivity index (χ3v) is 2.01. The zero-order valence-corrected chi connectivity index (χ0v) is 7.92. The van der Waals surface area contributed by atoms with Gasteiger partial charge in [-0.15, -0.1) is 0 Å². The number of hydrogen-bond donors (Lipinski definition) is 0. The van der Waals surface area contributed by atoms with E-state index in [1.165, 1.54) is 0 Å². The Hall–Kier alpha value is -0.410. The highest BCUT2D eigenvalue weighted by molar-refractivity contribution is 5.49. The average Bonchev–Trinajstić information content (AvgIpc) is 2.23. The monoisotopic (exact) mass is 172 g/mol. The van der Waals surface area contributed by atoms with Gasteiger partial charge >= 0.3 is 0 Å². The van der Waals surface area contributed by atoms with E-state index in [9.17, 15) is 4.79 Å². The summed E-state index contributed by atoms with van der Waals surface area (Å²) in [6.45, 7) is 6.33. The summed E-state index contributed by atoms with van der Waals surface area (Å²) in [5.41, 5.74) is -0.273. The SMILES string of the molecule is CC1(C)OC[C@](C)(CCC=O)O1. The molecule has 1 rings (SSSR count). The molecule has 1 aliphatic rings. The zero-order chi connectivity index (χ0) is 9.24. The summed E-state index contributed by atoms with van der Waals surface area (Å²) in [4.78, 5) is 10.2. The number of carbonyl (C=O) groups excluding carboxylic acids is 1. The van der Waals surface area contributed by atoms with Gasteiger partial charge in [-0.25, -0.2) is 0 Å². The van der Waals surface area contributed by atoms with E-state index < -0.39 is 5.79 Å². The third kappa shape index (κ3) is 2.29. The molecule has 1 aliphatic heterocycles. The maximum absolute atomic E-state index is 10.2. The molecule has 0 aromatic heterocycles. The summed E-state index contributed by atoms with van der Waals surface area (Å²) in [6, 6.07) is 0. The van der Waals surface area contributed by atoms with Crippen molar-refractivity contribution in [3.8, 4) is 0 Å². The first-order chi connectivity index (χ1) is 5.47. The Bertz CT molecular complexity index is 177. The molecule has 0 bridgehead atoms. The summed E-state index contributed by atoms with van der Waals surface area (Å²) in [7, 11) is 0. The Morgan fingerprint density at radius 2 is 2.08 bits per heavy atom. The normalized spacial score (nSPS) is 33.6. The minimum absolute atomic E-state index is 0.273. The smallest absolute Gasteiger partial charge is 0.163 e. The largest absolute Gasteiger partial charge is 0.348 e. The lowest BCUT2D eigenvalue weighted by Crippen LogP contribution is -2.30. The van der Waals surface area contributed by atoms with Crippen LogP contribution >= 0.6 is 0 Å². The van der Waals surface area contributed by atoms with Crippen LogP contribution in [0.1, 0.15) is 33.6 Å². The highest BCUT2D eigenvalue weighted by Gasteiger charge is 2.41. The van der Waals surface area contributed by atoms with Gasteiger partial charge in [0.25, 0.3) is 0 Å². The fraction of sp³-hybridized carbons (Fsp3) is 0.889. The molecule has 0 amide bonds. The molecule has 0 saturated carbocycles. The molecule has 3 heteroatoms. The van der Waals surface area contributed by atoms with Crippen LogP contribution in [0.5, 0.6) is 0 Å². The van der Waals surface area contributed by atoms with Gasteiger partial charge in [-0.3, -0.25) is 0 Å². The molecule has 1 atom stereocenters. The molecule has 0 radical (unpaired) electrons. The van der Waals surface area contributed by atoms with Crippen molar-refractivity contribution in [1.29, 1.82) is 0 Å². The molecule has 0 unspecified atom stereocenters. The fourth-order valence-corrected chi connectivity index (χ4v) is 1.47. The van der Waals surface area contributed by atoms with Gasteiger partial charge < -0.3 is 14.3 Å². The molecule has 70 valence electrons. The molecular weight excluding hydrogens is 156 g/mol. The van der Waals surface area contributed by atoms with Crippen LogP contribution in [0.3, 0.4) is 0 Å². The summed E-state index contributed by atoms with van der Waals surface area (Å²) in [6.07, 6.45) is 2.19. The molecule has 0 aromatic carbocycles. The van der Waals surface area contributed by atoms with Crippen LogP contribution in [-0.2, 0) is 14.3 Å². The molecule has 1 fully saturated rings. The van der Waals surface area contributed by atoms with Crippen molar-refractivity contribution in [2.24, 2.45) is 0 Å². The Morgan fingerprint density at radius 1 is 1.42 bits per heavy atom. The van der Waals surface area contributed by atoms with Crippen molar-refractivity contribution in [1.82, 2.24) is 0 Å². The Labute approximate surface area is 73.0 Å². The zero-order valence-electron chi connectivity index (χ0n) is 7.92. The van der Waals surface area contributed by atoms with E-state index in [0.29, 0.717) is 13.0 Å². The van der Waals surface area contributed by atoms with E-state index in [4.69, 9.17) is 9.47 Å². The van der Waals surface area contributed by atoms with Crippen molar-refractivity contribution < 1.29 is 14.3 Å². The maximum Gasteiger partial charge on any atom is 0.163 e. The van der Waals surface area contributed by atoms with Crippen molar-refractivity contribution in [2.75, 3.05) is 6.61 Å². The van der Waals surface area contributed by atoms with E-state index in [-0.39, 0.29) is 5.60 Å². The van der Waals surface area contributed by atoms with Crippen molar-refractivity contribution in [3.05, 3.63) is 0 Å². The summed E-state index contributed by atoms with van der Waals surface area (Å²) in [5.74, 6) is -0.488. The van der Waals surface area contributed by atoms with Crippen LogP contribution in [0.2, 0.25) is 0 Å². The van der Waals surface area contributed by atoms with Gasteiger partial charge in [-0.05, 0) is 27.2 Å². The summed E-state index contributed by atoms with van der Waals surface area (Å²) in [5, 5.41) is 0. The first-order valence-corrected chi connectivity index (χ1v) is 4.25. The highest BCUT2D eigenvalue weighted by Crippen LogP contribution is 2.33. The van der Waals surface area contributed by atoms with Gasteiger partial charge in [0.2, 0.25) is 0 Å². The number of hydrogen-bond acceptors (Lipinski definition) is 3. The maximum atomic E-state index is 10.2. The lowest BCUT2D eigenvalue weighted by molar-refractivity contribution is -0.159. The average molecular weight is 172 g/mol. The van der Waals surface area contributed by atoms with Crippen molar-refractivity contribution >= 4 is 6.29 Å². The Kier molecular flexibility index (Phi) is 2.54. The standard InChI is InChI=1S/C9H16O3/c1-8(2)11-7-9(3,12-8)5-4-6-10/h6H,4-5,7H2,1-3H3/t9-/m0/s1. The molecule has 0 aliphatic carbocycles. The number of carbonyl (C=O) groups is 1. The van der Waals surface area contributed by atoms with E-state index >= 15 is 0 Å². The molecule has 3 nitrogen and oxygen atoms in total. The highest BCUT2D eigenvalue weighted by atomic mass is 16.7. The lowest BCUT2D eigenvalue weighted by atomic mass is 10.0. The molecule has 0 spiro atoms. The number of rotatable bonds is 3. The van der Waals surface area contributed by atoms with Gasteiger partial charge in [-0.1, -0.05) is 0 Å². The molecule has 0 N–H and O–H groups in total. The second-order valence-corrected chi connectivity index (χ2v) is 3.95. The van der Waals surface area contributed by atoms with Gasteiger partial charge in [0.1, 0.15) is 6.29 Å². The molecule has 1 saturated heterocycles. The fourth-order valence-electron chi connectivity index (χ4n) is 1.47. The van der Waals surface area contributed by atoms with Gasteiger partial charge in [0, 0.05) is 6.42 Å². The summed E-state index contributed by atoms with van der Waals surface area (Å²) >= 11 is 0. The van der Waals surface area contributed by atoms with Crippen LogP contribution in [0.25, 0.3) is 0 Å². The van der Waals surface area contributed by atoms with Crippen LogP contribution in [0.15, 0.2) is 0 Å². The predicted molar refractivity (Wildman–Crippen MR) is 44.8 cm³/mol. The Balaban J connectivity index is 2.46. The quantitative estimate of drug-likeness (QED) is 0.605. The van der Waals surface area contributed by atoms with Crippen molar-refractivity contribution in [2.45, 2.75) is 45.0 Å². The van der Waals surface area contributed by atoms with Gasteiger partial charge in [-0.2, -0.15) is 0 Å². The first kappa shape index (κ1) is 9.68. The van der Waals surface area contributed by atoms with E-state index in [2.05, 4.69) is 0 Å². The molecule has 0 aromatic rings. The van der Waals surface area contributed by atoms with Crippen LogP contribution in [-0.4, -0.2) is 24.3 Å². The van der Waals surface area contributed by atoms with Crippen molar-refractivity contribution in [3.63, 3.8) is 0 Å².